The van der Waals surface area contributed by atoms with Crippen LogP contribution in [0.4, 0.5) is 11.4 Å². The predicted molar refractivity (Wildman–Crippen MR) is 101 cm³/mol. The normalized spacial score (nSPS) is 13.9. The van der Waals surface area contributed by atoms with Gasteiger partial charge in [-0.25, -0.2) is 8.42 Å². The third-order valence-corrected chi connectivity index (χ3v) is 6.40. The molecule has 1 rings (SSSR count). The molecule has 23 heavy (non-hydrogen) atoms. The fraction of sp³-hybridized carbons (Fsp3) is 0.667. The summed E-state index contributed by atoms with van der Waals surface area (Å²) in [6.45, 7) is 12.9. The van der Waals surface area contributed by atoms with E-state index in [2.05, 4.69) is 46.5 Å². The van der Waals surface area contributed by atoms with Crippen molar-refractivity contribution in [2.45, 2.75) is 52.7 Å². The molecule has 0 aliphatic heterocycles. The third-order valence-electron chi connectivity index (χ3n) is 4.29. The van der Waals surface area contributed by atoms with Crippen LogP contribution in [-0.4, -0.2) is 33.8 Å². The molecule has 0 aromatic heterocycles. The lowest BCUT2D eigenvalue weighted by Gasteiger charge is -2.32. The average molecular weight is 342 g/mol. The lowest BCUT2D eigenvalue weighted by Crippen LogP contribution is -2.40. The van der Waals surface area contributed by atoms with E-state index in [9.17, 15) is 8.42 Å². The van der Waals surface area contributed by atoms with Crippen molar-refractivity contribution >= 4 is 21.4 Å². The van der Waals surface area contributed by atoms with Gasteiger partial charge in [0, 0.05) is 17.8 Å². The number of quaternary nitrogens is 1. The summed E-state index contributed by atoms with van der Waals surface area (Å²) in [6.07, 6.45) is 0.590. The first-order chi connectivity index (χ1) is 10.2. The highest BCUT2D eigenvalue weighted by Crippen LogP contribution is 2.33. The van der Waals surface area contributed by atoms with Gasteiger partial charge >= 0.3 is 0 Å². The number of nitrogens with one attached hydrogen (secondary N) is 1. The minimum atomic E-state index is -3.46. The molecule has 1 N–H and O–H groups in total. The fourth-order valence-electron chi connectivity index (χ4n) is 2.78. The monoisotopic (exact) mass is 341 g/mol. The van der Waals surface area contributed by atoms with Crippen LogP contribution in [0, 0.1) is 5.41 Å². The van der Waals surface area contributed by atoms with Crippen LogP contribution in [0.25, 0.3) is 0 Å². The van der Waals surface area contributed by atoms with E-state index < -0.39 is 14.8 Å². The summed E-state index contributed by atoms with van der Waals surface area (Å²) in [4.78, 5) is 0. The minimum Gasteiger partial charge on any atom is -0.296 e. The Hall–Kier alpha value is -1.07. The van der Waals surface area contributed by atoms with Crippen LogP contribution in [0.1, 0.15) is 48.0 Å². The molecule has 0 aliphatic rings. The third kappa shape index (κ3) is 5.21. The van der Waals surface area contributed by atoms with Crippen LogP contribution in [0.15, 0.2) is 24.3 Å². The topological polar surface area (TPSA) is 46.2 Å². The highest BCUT2D eigenvalue weighted by Gasteiger charge is 2.38. The van der Waals surface area contributed by atoms with Gasteiger partial charge in [-0.2, -0.15) is 0 Å². The van der Waals surface area contributed by atoms with E-state index >= 15 is 0 Å². The molecule has 4 nitrogen and oxygen atoms in total. The Morgan fingerprint density at radius 3 is 1.87 bits per heavy atom. The Kier molecular flexibility index (Phi) is 5.59. The molecule has 0 bridgehead atoms. The van der Waals surface area contributed by atoms with Crippen molar-refractivity contribution in [2.24, 2.45) is 5.41 Å². The summed E-state index contributed by atoms with van der Waals surface area (Å²) in [6, 6.07) is 7.65. The molecule has 1 aromatic rings. The highest BCUT2D eigenvalue weighted by atomic mass is 32.2. The molecular weight excluding hydrogens is 308 g/mol. The maximum atomic E-state index is 12.7. The zero-order valence-electron chi connectivity index (χ0n) is 15.9. The van der Waals surface area contributed by atoms with Gasteiger partial charge in [-0.15, -0.1) is 0 Å². The lowest BCUT2D eigenvalue weighted by molar-refractivity contribution is 0.329. The van der Waals surface area contributed by atoms with Gasteiger partial charge in [0.25, 0.3) is 0 Å². The van der Waals surface area contributed by atoms with Crippen LogP contribution < -0.4 is 9.21 Å². The van der Waals surface area contributed by atoms with Crippen LogP contribution in [-0.2, 0) is 10.0 Å². The Morgan fingerprint density at radius 1 is 1.00 bits per heavy atom. The highest BCUT2D eigenvalue weighted by molar-refractivity contribution is 7.94. The Bertz CT molecular complexity index is 624. The summed E-state index contributed by atoms with van der Waals surface area (Å²) >= 11 is 0. The van der Waals surface area contributed by atoms with Crippen LogP contribution in [0.2, 0.25) is 0 Å². The van der Waals surface area contributed by atoms with Crippen molar-refractivity contribution in [3.8, 4) is 0 Å². The van der Waals surface area contributed by atoms with Gasteiger partial charge in [-0.05, 0) is 44.7 Å². The van der Waals surface area contributed by atoms with E-state index in [1.165, 1.54) is 0 Å². The molecule has 0 fully saturated rings. The van der Waals surface area contributed by atoms with E-state index in [0.29, 0.717) is 12.1 Å². The summed E-state index contributed by atoms with van der Waals surface area (Å²) in [5.41, 5.74) is 1.72. The van der Waals surface area contributed by atoms with Crippen LogP contribution in [0.5, 0.6) is 0 Å². The van der Waals surface area contributed by atoms with Crippen molar-refractivity contribution < 1.29 is 8.42 Å². The standard InChI is InChI=1S/C18H33N2O2S/c1-9-20(7,8)16-12-10-15(11-13-16)19-23(21,22)18(5,6)14-17(2,3)4/h10-13,19H,9,14H2,1-8H3/q+1. The SMILES string of the molecule is CC[N+](C)(C)c1ccc(NS(=O)(=O)C(C)(C)CC(C)(C)C)cc1. The second-order valence-electron chi connectivity index (χ2n) is 8.65. The van der Waals surface area contributed by atoms with Crippen molar-refractivity contribution in [2.75, 3.05) is 25.4 Å². The molecule has 1 aromatic carbocycles. The Labute approximate surface area is 142 Å². The van der Waals surface area contributed by atoms with E-state index in [0.717, 1.165) is 16.7 Å². The van der Waals surface area contributed by atoms with Gasteiger partial charge in [0.2, 0.25) is 10.0 Å². The molecule has 0 unspecified atom stereocenters. The molecular formula is C18H33N2O2S+. The van der Waals surface area contributed by atoms with Crippen molar-refractivity contribution in [1.29, 1.82) is 0 Å². The molecule has 0 radical (unpaired) electrons. The summed E-state index contributed by atoms with van der Waals surface area (Å²) in [7, 11) is 0.806. The Morgan fingerprint density at radius 2 is 1.48 bits per heavy atom. The van der Waals surface area contributed by atoms with Gasteiger partial charge in [0.1, 0.15) is 5.69 Å². The van der Waals surface area contributed by atoms with Crippen LogP contribution in [0.3, 0.4) is 0 Å². The van der Waals surface area contributed by atoms with Gasteiger partial charge in [0.05, 0.1) is 25.4 Å². The summed E-state index contributed by atoms with van der Waals surface area (Å²) in [5, 5.41) is 0. The van der Waals surface area contributed by atoms with E-state index in [1.807, 2.05) is 24.3 Å². The zero-order valence-corrected chi connectivity index (χ0v) is 16.7. The second kappa shape index (κ2) is 6.44. The average Bonchev–Trinajstić information content (AvgIpc) is 2.36. The fourth-order valence-corrected chi connectivity index (χ4v) is 4.13. The number of anilines is 1. The molecule has 0 aliphatic carbocycles. The van der Waals surface area contributed by atoms with E-state index in [4.69, 9.17) is 0 Å². The summed E-state index contributed by atoms with van der Waals surface area (Å²) in [5.74, 6) is 0. The van der Waals surface area contributed by atoms with Gasteiger partial charge < -0.3 is 0 Å². The molecule has 0 atom stereocenters. The molecule has 0 saturated heterocycles. The van der Waals surface area contributed by atoms with E-state index in [1.54, 1.807) is 13.8 Å². The first-order valence-electron chi connectivity index (χ1n) is 8.16. The van der Waals surface area contributed by atoms with E-state index in [-0.39, 0.29) is 5.41 Å². The molecule has 132 valence electrons. The first-order valence-corrected chi connectivity index (χ1v) is 9.64. The van der Waals surface area contributed by atoms with Crippen molar-refractivity contribution in [1.82, 2.24) is 4.48 Å². The second-order valence-corrected chi connectivity index (χ2v) is 11.0. The number of benzene rings is 1. The van der Waals surface area contributed by atoms with Crippen molar-refractivity contribution in [3.05, 3.63) is 24.3 Å². The van der Waals surface area contributed by atoms with Crippen molar-refractivity contribution in [3.63, 3.8) is 0 Å². The van der Waals surface area contributed by atoms with Gasteiger partial charge in [-0.1, -0.05) is 20.8 Å². The number of rotatable bonds is 6. The molecule has 0 saturated carbocycles. The lowest BCUT2D eigenvalue weighted by atomic mass is 9.86. The molecule has 5 heteroatoms. The molecule has 0 heterocycles. The number of hydrogen-bond acceptors (Lipinski definition) is 2. The number of nitrogens with zero attached hydrogens (tertiary/aromatic N) is 1. The number of sulfonamides is 1. The van der Waals surface area contributed by atoms with Gasteiger partial charge in [-0.3, -0.25) is 9.21 Å². The number of hydrogen-bond donors (Lipinski definition) is 1. The minimum absolute atomic E-state index is 0.0509. The zero-order chi connectivity index (χ0) is 18.1. The first kappa shape index (κ1) is 20.0. The van der Waals surface area contributed by atoms with Gasteiger partial charge in [0.15, 0.2) is 0 Å². The quantitative estimate of drug-likeness (QED) is 0.787. The predicted octanol–water partition coefficient (Wildman–Crippen LogP) is 4.23. The smallest absolute Gasteiger partial charge is 0.237 e. The summed E-state index contributed by atoms with van der Waals surface area (Å²) < 4.78 is 28.1. The molecule has 0 amide bonds. The molecule has 0 spiro atoms. The maximum absolute atomic E-state index is 12.7. The van der Waals surface area contributed by atoms with Crippen LogP contribution >= 0.6 is 0 Å². The Balaban J connectivity index is 2.98. The largest absolute Gasteiger partial charge is 0.296 e. The maximum Gasteiger partial charge on any atom is 0.237 e.